The van der Waals surface area contributed by atoms with Gasteiger partial charge in [0.25, 0.3) is 0 Å². The molecule has 2 heteroatoms. The van der Waals surface area contributed by atoms with E-state index < -0.39 is 0 Å². The van der Waals surface area contributed by atoms with Crippen LogP contribution < -0.4 is 6.15 Å². The Bertz CT molecular complexity index is 6.85. The van der Waals surface area contributed by atoms with E-state index in [0.29, 0.717) is 0 Å². The van der Waals surface area contributed by atoms with E-state index in [2.05, 4.69) is 13.8 Å². The zero-order chi connectivity index (χ0) is 2.71. The minimum Gasteiger partial charge on any atom is -0.344 e. The van der Waals surface area contributed by atoms with Gasteiger partial charge in [0.2, 0.25) is 0 Å². The minimum atomic E-state index is 0. The van der Waals surface area contributed by atoms with Crippen molar-refractivity contribution in [2.45, 2.75) is 20.3 Å². The molecule has 0 aliphatic carbocycles. The topological polar surface area (TPSA) is 35.0 Å². The monoisotopic (exact) mass is 95.1 g/mol. The van der Waals surface area contributed by atoms with Crippen molar-refractivity contribution in [2.24, 2.45) is 0 Å². The van der Waals surface area contributed by atoms with Gasteiger partial charge in [0, 0.05) is 0 Å². The standard InChI is InChI=1S/C3H8.H3N.H3P/c1-3-2;;/h3H2,1-2H3;2*1H3. The van der Waals surface area contributed by atoms with E-state index >= 15 is 0 Å². The highest BCUT2D eigenvalue weighted by Crippen LogP contribution is 1.56. The Morgan fingerprint density at radius 3 is 1.20 bits per heavy atom. The number of hydrogen-bond acceptors (Lipinski definition) is 1. The van der Waals surface area contributed by atoms with Crippen LogP contribution in [0.2, 0.25) is 0 Å². The van der Waals surface area contributed by atoms with Crippen LogP contribution in [0.4, 0.5) is 0 Å². The van der Waals surface area contributed by atoms with Gasteiger partial charge in [-0.15, -0.1) is 0 Å². The first-order chi connectivity index (χ1) is 1.41. The summed E-state index contributed by atoms with van der Waals surface area (Å²) in [5.41, 5.74) is 0. The van der Waals surface area contributed by atoms with Crippen LogP contribution in [0, 0.1) is 0 Å². The number of rotatable bonds is 0. The van der Waals surface area contributed by atoms with Crippen LogP contribution in [-0.2, 0) is 0 Å². The Morgan fingerprint density at radius 2 is 1.20 bits per heavy atom. The van der Waals surface area contributed by atoms with Crippen molar-refractivity contribution >= 4 is 9.90 Å². The summed E-state index contributed by atoms with van der Waals surface area (Å²) in [5, 5.41) is 0. The molecule has 0 spiro atoms. The summed E-state index contributed by atoms with van der Waals surface area (Å²) in [4.78, 5) is 0. The van der Waals surface area contributed by atoms with Crippen LogP contribution in [-0.4, -0.2) is 0 Å². The molecule has 0 amide bonds. The summed E-state index contributed by atoms with van der Waals surface area (Å²) in [6.07, 6.45) is 1.25. The molecule has 0 bridgehead atoms. The lowest BCUT2D eigenvalue weighted by Gasteiger charge is -1.48. The molecular formula is C3H14NP. The van der Waals surface area contributed by atoms with Crippen molar-refractivity contribution in [1.82, 2.24) is 6.15 Å². The summed E-state index contributed by atoms with van der Waals surface area (Å²) in [6.45, 7) is 4.25. The first kappa shape index (κ1) is 18.2. The van der Waals surface area contributed by atoms with Crippen molar-refractivity contribution < 1.29 is 0 Å². The highest BCUT2D eigenvalue weighted by atomic mass is 31.0. The van der Waals surface area contributed by atoms with Crippen molar-refractivity contribution in [3.63, 3.8) is 0 Å². The first-order valence-corrected chi connectivity index (χ1v) is 1.41. The second kappa shape index (κ2) is 26.1. The molecule has 1 unspecified atom stereocenters. The molecule has 0 saturated carbocycles. The molecule has 0 saturated heterocycles. The fourth-order valence-electron chi connectivity index (χ4n) is 0. The van der Waals surface area contributed by atoms with Gasteiger partial charge in [-0.3, -0.25) is 0 Å². The normalized spacial score (nSPS) is 3.60. The van der Waals surface area contributed by atoms with Gasteiger partial charge in [0.05, 0.1) is 0 Å². The van der Waals surface area contributed by atoms with E-state index in [1.807, 2.05) is 0 Å². The smallest absolute Gasteiger partial charge is 0.0590 e. The van der Waals surface area contributed by atoms with E-state index in [1.165, 1.54) is 6.42 Å². The largest absolute Gasteiger partial charge is 0.344 e. The molecule has 0 aliphatic heterocycles. The van der Waals surface area contributed by atoms with Gasteiger partial charge in [-0.2, -0.15) is 9.90 Å². The molecule has 36 valence electrons. The molecule has 1 nitrogen and oxygen atoms in total. The maximum Gasteiger partial charge on any atom is -0.0590 e. The Hall–Kier alpha value is 0.390. The van der Waals surface area contributed by atoms with Crippen LogP contribution in [0.15, 0.2) is 0 Å². The summed E-state index contributed by atoms with van der Waals surface area (Å²) >= 11 is 0. The molecule has 5 heavy (non-hydrogen) atoms. The lowest BCUT2D eigenvalue weighted by molar-refractivity contribution is 1.09. The lowest BCUT2D eigenvalue weighted by atomic mass is 10.6. The summed E-state index contributed by atoms with van der Waals surface area (Å²) in [6, 6.07) is 0. The molecule has 0 aromatic carbocycles. The zero-order valence-electron chi connectivity index (χ0n) is 4.12. The third-order valence-corrected chi connectivity index (χ3v) is 0. The fourth-order valence-corrected chi connectivity index (χ4v) is 0. The highest BCUT2D eigenvalue weighted by molar-refractivity contribution is 6.92. The third kappa shape index (κ3) is 165. The SMILES string of the molecule is CCC.N.P. The first-order valence-electron chi connectivity index (χ1n) is 1.41. The maximum atomic E-state index is 2.12. The van der Waals surface area contributed by atoms with Crippen LogP contribution in [0.3, 0.4) is 0 Å². The van der Waals surface area contributed by atoms with Gasteiger partial charge in [-0.25, -0.2) is 0 Å². The van der Waals surface area contributed by atoms with E-state index in [1.54, 1.807) is 0 Å². The van der Waals surface area contributed by atoms with Crippen molar-refractivity contribution in [3.8, 4) is 0 Å². The van der Waals surface area contributed by atoms with Crippen molar-refractivity contribution in [3.05, 3.63) is 0 Å². The number of hydrogen-bond donors (Lipinski definition) is 1. The quantitative estimate of drug-likeness (QED) is 0.456. The van der Waals surface area contributed by atoms with Crippen LogP contribution in [0.25, 0.3) is 0 Å². The Balaban J connectivity index is -0.0000000200. The van der Waals surface area contributed by atoms with Gasteiger partial charge >= 0.3 is 0 Å². The summed E-state index contributed by atoms with van der Waals surface area (Å²) in [5.74, 6) is 0. The van der Waals surface area contributed by atoms with Crippen molar-refractivity contribution in [2.75, 3.05) is 0 Å². The van der Waals surface area contributed by atoms with E-state index in [4.69, 9.17) is 0 Å². The van der Waals surface area contributed by atoms with Gasteiger partial charge in [0.1, 0.15) is 0 Å². The van der Waals surface area contributed by atoms with E-state index in [0.717, 1.165) is 0 Å². The van der Waals surface area contributed by atoms with E-state index in [9.17, 15) is 0 Å². The van der Waals surface area contributed by atoms with Gasteiger partial charge < -0.3 is 6.15 Å². The Morgan fingerprint density at radius 1 is 1.20 bits per heavy atom. The Kier molecular flexibility index (Phi) is 95.0. The molecule has 0 rings (SSSR count). The van der Waals surface area contributed by atoms with Crippen molar-refractivity contribution in [1.29, 1.82) is 0 Å². The molecule has 3 N–H and O–H groups in total. The zero-order valence-corrected chi connectivity index (χ0v) is 5.54. The molecule has 0 fully saturated rings. The van der Waals surface area contributed by atoms with Crippen LogP contribution in [0.1, 0.15) is 20.3 Å². The third-order valence-electron chi connectivity index (χ3n) is 0. The fraction of sp³-hybridized carbons (Fsp3) is 1.00. The molecule has 0 aromatic rings. The second-order valence-corrected chi connectivity index (χ2v) is 0.707. The predicted octanol–water partition coefficient (Wildman–Crippen LogP) is 1.64. The predicted molar refractivity (Wildman–Crippen MR) is 32.1 cm³/mol. The van der Waals surface area contributed by atoms with E-state index in [-0.39, 0.29) is 16.0 Å². The van der Waals surface area contributed by atoms with Crippen LogP contribution >= 0.6 is 9.90 Å². The minimum absolute atomic E-state index is 0. The lowest BCUT2D eigenvalue weighted by Crippen LogP contribution is -1.27. The average molecular weight is 95.1 g/mol. The molecular weight excluding hydrogens is 81.0 g/mol. The molecule has 0 radical (unpaired) electrons. The van der Waals surface area contributed by atoms with Gasteiger partial charge in [-0.1, -0.05) is 20.3 Å². The molecule has 0 heterocycles. The van der Waals surface area contributed by atoms with Crippen LogP contribution in [0.5, 0.6) is 0 Å². The average Bonchev–Trinajstić information content (AvgIpc) is 0.918. The molecule has 1 atom stereocenters. The summed E-state index contributed by atoms with van der Waals surface area (Å²) in [7, 11) is 0. The Labute approximate surface area is 37.4 Å². The highest BCUT2D eigenvalue weighted by Gasteiger charge is 1.35. The van der Waals surface area contributed by atoms with Gasteiger partial charge in [-0.05, 0) is 0 Å². The van der Waals surface area contributed by atoms with Gasteiger partial charge in [0.15, 0.2) is 0 Å². The maximum absolute atomic E-state index is 2.12. The second-order valence-electron chi connectivity index (χ2n) is 0.707. The summed E-state index contributed by atoms with van der Waals surface area (Å²) < 4.78 is 0. The molecule has 0 aromatic heterocycles. The molecule has 0 aliphatic rings.